The molecule has 33 heavy (non-hydrogen) atoms. The van der Waals surface area contributed by atoms with Gasteiger partial charge in [-0.3, -0.25) is 0 Å². The summed E-state index contributed by atoms with van der Waals surface area (Å²) in [6.07, 6.45) is 4.93. The Labute approximate surface area is 194 Å². The number of hydrogen-bond acceptors (Lipinski definition) is 8. The first-order valence-corrected chi connectivity index (χ1v) is 11.3. The summed E-state index contributed by atoms with van der Waals surface area (Å²) in [5.74, 6) is 2.14. The van der Waals surface area contributed by atoms with Crippen LogP contribution in [0.15, 0.2) is 42.9 Å². The van der Waals surface area contributed by atoms with E-state index < -0.39 is 6.10 Å². The van der Waals surface area contributed by atoms with Crippen molar-refractivity contribution in [3.63, 3.8) is 0 Å². The molecule has 2 aromatic heterocycles. The molecule has 9 heteroatoms. The lowest BCUT2D eigenvalue weighted by molar-refractivity contribution is 0.0853. The van der Waals surface area contributed by atoms with Crippen molar-refractivity contribution in [1.29, 1.82) is 0 Å². The number of rotatable bonds is 9. The minimum absolute atomic E-state index is 0.206. The second kappa shape index (κ2) is 10.7. The van der Waals surface area contributed by atoms with Gasteiger partial charge >= 0.3 is 0 Å². The van der Waals surface area contributed by atoms with E-state index >= 15 is 0 Å². The Bertz CT molecular complexity index is 1050. The number of likely N-dealkylation sites (N-methyl/N-ethyl adjacent to an activating group) is 1. The second-order valence-corrected chi connectivity index (χ2v) is 8.33. The van der Waals surface area contributed by atoms with Gasteiger partial charge in [0.1, 0.15) is 24.3 Å². The largest absolute Gasteiger partial charge is 0.491 e. The van der Waals surface area contributed by atoms with Crippen LogP contribution in [0.4, 0.5) is 5.82 Å². The SMILES string of the molecule is CNCC(O)COc1cccc(-c2nc(-c3cncn3C)cc(N(C)C3CCOCC3)n2)c1. The smallest absolute Gasteiger partial charge is 0.162 e. The van der Waals surface area contributed by atoms with E-state index in [-0.39, 0.29) is 6.61 Å². The highest BCUT2D eigenvalue weighted by Gasteiger charge is 2.22. The van der Waals surface area contributed by atoms with Crippen LogP contribution in [0.1, 0.15) is 12.8 Å². The van der Waals surface area contributed by atoms with Crippen molar-refractivity contribution in [3.05, 3.63) is 42.9 Å². The third kappa shape index (κ3) is 5.68. The standard InChI is InChI=1S/C24H32N6O3/c1-25-13-19(31)15-33-20-6-4-5-17(11-20)24-27-21(22-14-26-16-29(22)2)12-23(28-24)30(3)18-7-9-32-10-8-18/h4-6,11-12,14,16,18-19,25,31H,7-10,13,15H2,1-3H3. The van der Waals surface area contributed by atoms with Crippen molar-refractivity contribution in [3.8, 4) is 28.5 Å². The van der Waals surface area contributed by atoms with Crippen molar-refractivity contribution >= 4 is 5.82 Å². The van der Waals surface area contributed by atoms with Crippen LogP contribution in [0.25, 0.3) is 22.8 Å². The van der Waals surface area contributed by atoms with E-state index in [1.807, 2.05) is 48.1 Å². The van der Waals surface area contributed by atoms with Crippen LogP contribution in [0.5, 0.6) is 5.75 Å². The summed E-state index contributed by atoms with van der Waals surface area (Å²) in [5, 5.41) is 12.9. The maximum atomic E-state index is 9.95. The number of benzene rings is 1. The summed E-state index contributed by atoms with van der Waals surface area (Å²) in [6, 6.07) is 10.0. The molecule has 0 bridgehead atoms. The van der Waals surface area contributed by atoms with Crippen LogP contribution in [-0.2, 0) is 11.8 Å². The summed E-state index contributed by atoms with van der Waals surface area (Å²) in [5.41, 5.74) is 2.58. The molecule has 1 aromatic carbocycles. The van der Waals surface area contributed by atoms with Crippen molar-refractivity contribution in [2.75, 3.05) is 45.4 Å². The zero-order valence-electron chi connectivity index (χ0n) is 19.4. The van der Waals surface area contributed by atoms with E-state index in [1.165, 1.54) is 0 Å². The molecule has 1 fully saturated rings. The molecule has 9 nitrogen and oxygen atoms in total. The van der Waals surface area contributed by atoms with Crippen LogP contribution in [0.3, 0.4) is 0 Å². The lowest BCUT2D eigenvalue weighted by Crippen LogP contribution is -2.37. The Kier molecular flexibility index (Phi) is 7.54. The Morgan fingerprint density at radius 3 is 2.82 bits per heavy atom. The second-order valence-electron chi connectivity index (χ2n) is 8.33. The van der Waals surface area contributed by atoms with Crippen LogP contribution >= 0.6 is 0 Å². The Balaban J connectivity index is 1.67. The third-order valence-electron chi connectivity index (χ3n) is 5.87. The van der Waals surface area contributed by atoms with Crippen molar-refractivity contribution in [2.45, 2.75) is 25.0 Å². The van der Waals surface area contributed by atoms with Gasteiger partial charge in [0.05, 0.1) is 23.9 Å². The fourth-order valence-electron chi connectivity index (χ4n) is 3.95. The fraction of sp³-hybridized carbons (Fsp3) is 0.458. The first kappa shape index (κ1) is 23.2. The normalized spacial score (nSPS) is 15.4. The van der Waals surface area contributed by atoms with E-state index in [0.717, 1.165) is 48.8 Å². The molecule has 0 saturated carbocycles. The average molecular weight is 453 g/mol. The highest BCUT2D eigenvalue weighted by molar-refractivity contribution is 5.66. The Morgan fingerprint density at radius 2 is 2.09 bits per heavy atom. The number of aliphatic hydroxyl groups excluding tert-OH is 1. The fourth-order valence-corrected chi connectivity index (χ4v) is 3.95. The van der Waals surface area contributed by atoms with Crippen molar-refractivity contribution in [2.24, 2.45) is 7.05 Å². The zero-order chi connectivity index (χ0) is 23.2. The number of ether oxygens (including phenoxy) is 2. The lowest BCUT2D eigenvalue weighted by Gasteiger charge is -2.32. The van der Waals surface area contributed by atoms with Crippen LogP contribution < -0.4 is 15.0 Å². The van der Waals surface area contributed by atoms with Crippen molar-refractivity contribution in [1.82, 2.24) is 24.8 Å². The Hall–Kier alpha value is -3.01. The molecule has 1 aliphatic rings. The number of aliphatic hydroxyl groups is 1. The molecule has 176 valence electrons. The molecule has 0 amide bonds. The number of nitrogens with one attached hydrogen (secondary N) is 1. The van der Waals surface area contributed by atoms with E-state index in [4.69, 9.17) is 19.4 Å². The van der Waals surface area contributed by atoms with E-state index in [1.54, 1.807) is 13.4 Å². The molecule has 0 radical (unpaired) electrons. The number of aryl methyl sites for hydroxylation is 1. The summed E-state index contributed by atoms with van der Waals surface area (Å²) < 4.78 is 13.3. The first-order valence-electron chi connectivity index (χ1n) is 11.3. The maximum Gasteiger partial charge on any atom is 0.162 e. The zero-order valence-corrected chi connectivity index (χ0v) is 19.4. The van der Waals surface area contributed by atoms with Crippen LogP contribution in [-0.4, -0.2) is 77.2 Å². The molecule has 0 aliphatic carbocycles. The van der Waals surface area contributed by atoms with Gasteiger partial charge in [-0.25, -0.2) is 15.0 Å². The molecule has 2 N–H and O–H groups in total. The van der Waals surface area contributed by atoms with Gasteiger partial charge in [-0.05, 0) is 32.0 Å². The molecule has 1 saturated heterocycles. The maximum absolute atomic E-state index is 9.95. The van der Waals surface area contributed by atoms with Gasteiger partial charge in [0, 0.05) is 51.5 Å². The quantitative estimate of drug-likeness (QED) is 0.510. The lowest BCUT2D eigenvalue weighted by atomic mass is 10.1. The van der Waals surface area contributed by atoms with Gasteiger partial charge in [0.15, 0.2) is 5.82 Å². The van der Waals surface area contributed by atoms with E-state index in [9.17, 15) is 5.11 Å². The van der Waals surface area contributed by atoms with Crippen LogP contribution in [0, 0.1) is 0 Å². The molecule has 3 heterocycles. The average Bonchev–Trinajstić information content (AvgIpc) is 3.29. The van der Waals surface area contributed by atoms with Crippen molar-refractivity contribution < 1.29 is 14.6 Å². The highest BCUT2D eigenvalue weighted by Crippen LogP contribution is 2.29. The van der Waals surface area contributed by atoms with Gasteiger partial charge in [-0.15, -0.1) is 0 Å². The molecular weight excluding hydrogens is 420 g/mol. The topological polar surface area (TPSA) is 97.6 Å². The summed E-state index contributed by atoms with van der Waals surface area (Å²) >= 11 is 0. The number of imidazole rings is 1. The number of aromatic nitrogens is 4. The molecule has 1 atom stereocenters. The molecule has 1 unspecified atom stereocenters. The molecule has 4 rings (SSSR count). The van der Waals surface area contributed by atoms with Gasteiger partial charge in [0.2, 0.25) is 0 Å². The third-order valence-corrected chi connectivity index (χ3v) is 5.87. The number of nitrogens with zero attached hydrogens (tertiary/aromatic N) is 5. The molecule has 0 spiro atoms. The van der Waals surface area contributed by atoms with Gasteiger partial charge < -0.3 is 29.4 Å². The number of hydrogen-bond donors (Lipinski definition) is 2. The van der Waals surface area contributed by atoms with E-state index in [0.29, 0.717) is 24.2 Å². The van der Waals surface area contributed by atoms with Gasteiger partial charge in [-0.2, -0.15) is 0 Å². The predicted molar refractivity (Wildman–Crippen MR) is 127 cm³/mol. The van der Waals surface area contributed by atoms with Gasteiger partial charge in [0.25, 0.3) is 0 Å². The highest BCUT2D eigenvalue weighted by atomic mass is 16.5. The number of anilines is 1. The molecule has 1 aliphatic heterocycles. The summed E-state index contributed by atoms with van der Waals surface area (Å²) in [7, 11) is 5.83. The molecular formula is C24H32N6O3. The minimum Gasteiger partial charge on any atom is -0.491 e. The first-order chi connectivity index (χ1) is 16.0. The molecule has 3 aromatic rings. The summed E-state index contributed by atoms with van der Waals surface area (Å²) in [6.45, 7) is 2.20. The van der Waals surface area contributed by atoms with Crippen LogP contribution in [0.2, 0.25) is 0 Å². The predicted octanol–water partition coefficient (Wildman–Crippen LogP) is 2.12. The Morgan fingerprint density at radius 1 is 1.27 bits per heavy atom. The minimum atomic E-state index is -0.581. The summed E-state index contributed by atoms with van der Waals surface area (Å²) in [4.78, 5) is 16.3. The van der Waals surface area contributed by atoms with Gasteiger partial charge in [-0.1, -0.05) is 12.1 Å². The monoisotopic (exact) mass is 452 g/mol. The van der Waals surface area contributed by atoms with E-state index in [2.05, 4.69) is 22.2 Å².